The minimum absolute atomic E-state index is 0.00727. The van der Waals surface area contributed by atoms with Crippen LogP contribution < -0.4 is 15.6 Å². The molecule has 0 fully saturated rings. The fraction of sp³-hybridized carbons (Fsp3) is 0.182. The van der Waals surface area contributed by atoms with Gasteiger partial charge in [0.2, 0.25) is 5.91 Å². The highest BCUT2D eigenvalue weighted by Crippen LogP contribution is 2.20. The lowest BCUT2D eigenvalue weighted by atomic mass is 10.2. The monoisotopic (exact) mass is 499 g/mol. The van der Waals surface area contributed by atoms with Crippen LogP contribution in [0.3, 0.4) is 0 Å². The number of nitrogens with zero attached hydrogens (tertiary/aromatic N) is 3. The fourth-order valence-corrected chi connectivity index (χ4v) is 5.04. The van der Waals surface area contributed by atoms with Crippen molar-refractivity contribution in [2.45, 2.75) is 30.4 Å². The highest BCUT2D eigenvalue weighted by molar-refractivity contribution is 7.99. The van der Waals surface area contributed by atoms with Gasteiger partial charge in [-0.25, -0.2) is 13.4 Å². The van der Waals surface area contributed by atoms with E-state index in [0.717, 1.165) is 11.8 Å². The van der Waals surface area contributed by atoms with E-state index in [1.807, 2.05) is 6.92 Å². The first kappa shape index (κ1) is 23.5. The van der Waals surface area contributed by atoms with E-state index in [-0.39, 0.29) is 27.9 Å². The molecule has 176 valence electrons. The van der Waals surface area contributed by atoms with E-state index in [1.165, 1.54) is 34.9 Å². The number of hydrogen-bond donors (Lipinski definition) is 2. The number of benzene rings is 2. The lowest BCUT2D eigenvalue weighted by molar-refractivity contribution is -0.113. The van der Waals surface area contributed by atoms with Gasteiger partial charge in [-0.1, -0.05) is 29.1 Å². The van der Waals surface area contributed by atoms with Gasteiger partial charge >= 0.3 is 0 Å². The van der Waals surface area contributed by atoms with E-state index in [4.69, 9.17) is 4.52 Å². The predicted octanol–water partition coefficient (Wildman–Crippen LogP) is 3.24. The van der Waals surface area contributed by atoms with Gasteiger partial charge in [0.15, 0.2) is 11.0 Å². The van der Waals surface area contributed by atoms with Crippen molar-refractivity contribution < 1.29 is 17.7 Å². The summed E-state index contributed by atoms with van der Waals surface area (Å²) in [6, 6.07) is 14.3. The van der Waals surface area contributed by atoms with E-state index < -0.39 is 10.0 Å². The van der Waals surface area contributed by atoms with Gasteiger partial charge in [-0.05, 0) is 50.2 Å². The molecule has 34 heavy (non-hydrogen) atoms. The van der Waals surface area contributed by atoms with Crippen LogP contribution in [-0.2, 0) is 21.4 Å². The third-order valence-electron chi connectivity index (χ3n) is 4.79. The summed E-state index contributed by atoms with van der Waals surface area (Å²) in [4.78, 5) is 29.7. The van der Waals surface area contributed by atoms with Crippen LogP contribution >= 0.6 is 11.8 Å². The molecule has 0 spiro atoms. The molecule has 0 saturated carbocycles. The molecule has 10 nitrogen and oxygen atoms in total. The molecular formula is C22H21N5O5S2. The molecule has 1 amide bonds. The van der Waals surface area contributed by atoms with Gasteiger partial charge < -0.3 is 9.84 Å². The SMILES string of the molecule is CCn1c(SCC(=O)Nc2ccc(S(=O)(=O)Nc3cc(C)on3)cc2)nc2ccccc2c1=O. The molecule has 2 heterocycles. The Morgan fingerprint density at radius 1 is 1.15 bits per heavy atom. The second kappa shape index (κ2) is 9.69. The van der Waals surface area contributed by atoms with Crippen molar-refractivity contribution in [1.82, 2.24) is 14.7 Å². The quantitative estimate of drug-likeness (QED) is 0.279. The lowest BCUT2D eigenvalue weighted by Crippen LogP contribution is -2.23. The van der Waals surface area contributed by atoms with Crippen molar-refractivity contribution in [3.8, 4) is 0 Å². The van der Waals surface area contributed by atoms with Gasteiger partial charge in [0.1, 0.15) is 5.76 Å². The maximum absolute atomic E-state index is 12.7. The number of aryl methyl sites for hydroxylation is 1. The molecule has 4 rings (SSSR count). The summed E-state index contributed by atoms with van der Waals surface area (Å²) in [6.07, 6.45) is 0. The number of nitrogens with one attached hydrogen (secondary N) is 2. The molecule has 0 aliphatic rings. The molecular weight excluding hydrogens is 478 g/mol. The third-order valence-corrected chi connectivity index (χ3v) is 7.14. The van der Waals surface area contributed by atoms with Crippen molar-refractivity contribution in [3.63, 3.8) is 0 Å². The first-order valence-corrected chi connectivity index (χ1v) is 12.7. The Balaban J connectivity index is 1.41. The minimum Gasteiger partial charge on any atom is -0.360 e. The number of sulfonamides is 1. The first-order valence-electron chi connectivity index (χ1n) is 10.3. The van der Waals surface area contributed by atoms with E-state index in [9.17, 15) is 18.0 Å². The molecule has 0 unspecified atom stereocenters. The summed E-state index contributed by atoms with van der Waals surface area (Å²) < 4.78 is 33.6. The second-order valence-corrected chi connectivity index (χ2v) is 9.88. The number of para-hydroxylation sites is 1. The number of rotatable bonds is 8. The summed E-state index contributed by atoms with van der Waals surface area (Å²) in [5, 5.41) is 7.31. The Kier molecular flexibility index (Phi) is 6.70. The predicted molar refractivity (Wildman–Crippen MR) is 130 cm³/mol. The van der Waals surface area contributed by atoms with Crippen LogP contribution in [0.4, 0.5) is 11.5 Å². The van der Waals surface area contributed by atoms with E-state index in [2.05, 4.69) is 20.2 Å². The third kappa shape index (κ3) is 5.13. The summed E-state index contributed by atoms with van der Waals surface area (Å²) in [5.41, 5.74) is 0.856. The number of amides is 1. The molecule has 0 radical (unpaired) electrons. The molecule has 0 saturated heterocycles. The largest absolute Gasteiger partial charge is 0.360 e. The standard InChI is InChI=1S/C22H21N5O5S2/c1-3-27-21(29)17-6-4-5-7-18(17)24-22(27)33-13-20(28)23-15-8-10-16(11-9-15)34(30,31)26-19-12-14(2)32-25-19/h4-12H,3,13H2,1-2H3,(H,23,28)(H,25,26). The number of carbonyl (C=O) groups excluding carboxylic acids is 1. The van der Waals surface area contributed by atoms with Gasteiger partial charge in [0.05, 0.1) is 21.6 Å². The smallest absolute Gasteiger partial charge is 0.263 e. The van der Waals surface area contributed by atoms with Gasteiger partial charge in [-0.2, -0.15) is 0 Å². The van der Waals surface area contributed by atoms with Crippen LogP contribution in [0.15, 0.2) is 74.0 Å². The van der Waals surface area contributed by atoms with Crippen molar-refractivity contribution >= 4 is 50.1 Å². The number of carbonyl (C=O) groups is 1. The minimum atomic E-state index is -3.85. The van der Waals surface area contributed by atoms with Gasteiger partial charge in [0.25, 0.3) is 15.6 Å². The lowest BCUT2D eigenvalue weighted by Gasteiger charge is -2.11. The van der Waals surface area contributed by atoms with Gasteiger partial charge in [0, 0.05) is 18.3 Å². The van der Waals surface area contributed by atoms with Crippen molar-refractivity contribution in [1.29, 1.82) is 0 Å². The summed E-state index contributed by atoms with van der Waals surface area (Å²) in [7, 11) is -3.85. The average molecular weight is 500 g/mol. The Morgan fingerprint density at radius 2 is 1.88 bits per heavy atom. The zero-order chi connectivity index (χ0) is 24.3. The Hall–Kier alpha value is -3.64. The van der Waals surface area contributed by atoms with E-state index in [0.29, 0.717) is 34.1 Å². The molecule has 4 aromatic rings. The fourth-order valence-electron chi connectivity index (χ4n) is 3.19. The normalized spacial score (nSPS) is 11.5. The first-order chi connectivity index (χ1) is 16.3. The summed E-state index contributed by atoms with van der Waals surface area (Å²) in [5.74, 6) is 0.267. The van der Waals surface area contributed by atoms with Crippen LogP contribution in [0.5, 0.6) is 0 Å². The molecule has 12 heteroatoms. The van der Waals surface area contributed by atoms with Crippen LogP contribution in [0, 0.1) is 6.92 Å². The maximum atomic E-state index is 12.7. The highest BCUT2D eigenvalue weighted by Gasteiger charge is 2.17. The van der Waals surface area contributed by atoms with Crippen LogP contribution in [-0.4, -0.2) is 34.8 Å². The van der Waals surface area contributed by atoms with Crippen LogP contribution in [0.2, 0.25) is 0 Å². The van der Waals surface area contributed by atoms with Crippen molar-refractivity contribution in [3.05, 3.63) is 70.7 Å². The van der Waals surface area contributed by atoms with Crippen LogP contribution in [0.25, 0.3) is 10.9 Å². The van der Waals surface area contributed by atoms with E-state index >= 15 is 0 Å². The summed E-state index contributed by atoms with van der Waals surface area (Å²) in [6.45, 7) is 3.92. The average Bonchev–Trinajstić information content (AvgIpc) is 3.22. The Morgan fingerprint density at radius 3 is 2.56 bits per heavy atom. The zero-order valence-corrected chi connectivity index (χ0v) is 19.9. The Bertz CT molecular complexity index is 1510. The van der Waals surface area contributed by atoms with Gasteiger partial charge in [-0.15, -0.1) is 0 Å². The number of aromatic nitrogens is 3. The summed E-state index contributed by atoms with van der Waals surface area (Å²) >= 11 is 1.16. The molecule has 0 aliphatic heterocycles. The molecule has 2 N–H and O–H groups in total. The molecule has 0 atom stereocenters. The number of thioether (sulfide) groups is 1. The Labute approximate surface area is 199 Å². The number of hydrogen-bond acceptors (Lipinski definition) is 8. The molecule has 0 aliphatic carbocycles. The number of fused-ring (bicyclic) bond motifs is 1. The zero-order valence-electron chi connectivity index (χ0n) is 18.3. The van der Waals surface area contributed by atoms with E-state index in [1.54, 1.807) is 31.2 Å². The second-order valence-electron chi connectivity index (χ2n) is 7.25. The molecule has 0 bridgehead atoms. The molecule has 2 aromatic carbocycles. The van der Waals surface area contributed by atoms with Crippen molar-refractivity contribution in [2.24, 2.45) is 0 Å². The van der Waals surface area contributed by atoms with Crippen molar-refractivity contribution in [2.75, 3.05) is 15.8 Å². The highest BCUT2D eigenvalue weighted by atomic mass is 32.2. The topological polar surface area (TPSA) is 136 Å². The maximum Gasteiger partial charge on any atom is 0.263 e. The van der Waals surface area contributed by atoms with Gasteiger partial charge in [-0.3, -0.25) is 18.9 Å². The number of anilines is 2. The van der Waals surface area contributed by atoms with Crippen LogP contribution in [0.1, 0.15) is 12.7 Å². The molecule has 2 aromatic heterocycles.